The second-order valence-corrected chi connectivity index (χ2v) is 5.31. The zero-order chi connectivity index (χ0) is 14.3. The molecule has 1 fully saturated rings. The average molecular weight is 275 g/mol. The molecule has 0 radical (unpaired) electrons. The molecule has 4 N–H and O–H groups in total. The van der Waals surface area contributed by atoms with E-state index >= 15 is 0 Å². The van der Waals surface area contributed by atoms with Gasteiger partial charge < -0.3 is 21.1 Å². The number of benzene rings is 1. The van der Waals surface area contributed by atoms with Crippen LogP contribution in [0.3, 0.4) is 0 Å². The fraction of sp³-hybridized carbons (Fsp3) is 0.429. The van der Waals surface area contributed by atoms with E-state index < -0.39 is 18.1 Å². The molecule has 0 spiro atoms. The Morgan fingerprint density at radius 1 is 1.40 bits per heavy atom. The van der Waals surface area contributed by atoms with Crippen LogP contribution in [0.25, 0.3) is 0 Å². The fourth-order valence-electron chi connectivity index (χ4n) is 2.90. The summed E-state index contributed by atoms with van der Waals surface area (Å²) >= 11 is 0. The van der Waals surface area contributed by atoms with Crippen LogP contribution in [-0.2, 0) is 11.2 Å². The summed E-state index contributed by atoms with van der Waals surface area (Å²) < 4.78 is 0. The highest BCUT2D eigenvalue weighted by atomic mass is 16.3. The Morgan fingerprint density at radius 3 is 2.95 bits per heavy atom. The van der Waals surface area contributed by atoms with Crippen LogP contribution in [0, 0.1) is 0 Å². The van der Waals surface area contributed by atoms with E-state index in [0.717, 1.165) is 18.7 Å². The van der Waals surface area contributed by atoms with Crippen molar-refractivity contribution in [3.8, 4) is 0 Å². The maximum Gasteiger partial charge on any atom is 0.254 e. The summed E-state index contributed by atoms with van der Waals surface area (Å²) in [5.74, 6) is -0.837. The molecule has 2 heterocycles. The van der Waals surface area contributed by atoms with Crippen LogP contribution < -0.4 is 11.1 Å². The van der Waals surface area contributed by atoms with Gasteiger partial charge in [0.15, 0.2) is 0 Å². The van der Waals surface area contributed by atoms with Crippen LogP contribution in [0.2, 0.25) is 0 Å². The molecule has 3 rings (SSSR count). The Morgan fingerprint density at radius 2 is 2.20 bits per heavy atom. The van der Waals surface area contributed by atoms with Crippen LogP contribution >= 0.6 is 0 Å². The van der Waals surface area contributed by atoms with E-state index in [-0.39, 0.29) is 18.9 Å². The first-order valence-electron chi connectivity index (χ1n) is 6.71. The number of hydrogen-bond acceptors (Lipinski definition) is 4. The van der Waals surface area contributed by atoms with Gasteiger partial charge in [-0.2, -0.15) is 0 Å². The first-order chi connectivity index (χ1) is 9.56. The molecule has 0 aliphatic carbocycles. The van der Waals surface area contributed by atoms with Gasteiger partial charge in [-0.1, -0.05) is 6.07 Å². The molecule has 0 saturated carbocycles. The highest BCUT2D eigenvalue weighted by molar-refractivity contribution is 5.98. The molecule has 2 amide bonds. The van der Waals surface area contributed by atoms with Crippen molar-refractivity contribution in [2.24, 2.45) is 5.73 Å². The highest BCUT2D eigenvalue weighted by Gasteiger charge is 2.38. The van der Waals surface area contributed by atoms with Crippen LogP contribution in [0.4, 0.5) is 5.69 Å². The van der Waals surface area contributed by atoms with Gasteiger partial charge in [-0.15, -0.1) is 0 Å². The molecule has 6 heteroatoms. The number of aliphatic hydroxyl groups is 1. The molecule has 0 bridgehead atoms. The van der Waals surface area contributed by atoms with Gasteiger partial charge in [-0.3, -0.25) is 9.59 Å². The number of amides is 2. The quantitative estimate of drug-likeness (QED) is 0.691. The zero-order valence-corrected chi connectivity index (χ0v) is 11.0. The Hall–Kier alpha value is -2.08. The van der Waals surface area contributed by atoms with E-state index in [1.54, 1.807) is 12.1 Å². The standard InChI is InChI=1S/C14H17N3O3/c15-13(19)12-6-10(18)7-17(12)14(20)9-2-1-8-3-4-16-11(8)5-9/h1-2,5,10,12,16,18H,3-4,6-7H2,(H2,15,19). The van der Waals surface area contributed by atoms with E-state index in [0.29, 0.717) is 5.56 Å². The molecular formula is C14H17N3O3. The Balaban J connectivity index is 1.86. The van der Waals surface area contributed by atoms with E-state index in [2.05, 4.69) is 5.32 Å². The van der Waals surface area contributed by atoms with E-state index in [9.17, 15) is 14.7 Å². The number of hydrogen-bond donors (Lipinski definition) is 3. The molecular weight excluding hydrogens is 258 g/mol. The lowest BCUT2D eigenvalue weighted by Gasteiger charge is -2.22. The van der Waals surface area contributed by atoms with Crippen molar-refractivity contribution in [3.05, 3.63) is 29.3 Å². The Bertz CT molecular complexity index is 573. The number of carbonyl (C=O) groups excluding carboxylic acids is 2. The van der Waals surface area contributed by atoms with Crippen molar-refractivity contribution < 1.29 is 14.7 Å². The van der Waals surface area contributed by atoms with Crippen molar-refractivity contribution in [3.63, 3.8) is 0 Å². The molecule has 6 nitrogen and oxygen atoms in total. The number of nitrogens with zero attached hydrogens (tertiary/aromatic N) is 1. The van der Waals surface area contributed by atoms with Gasteiger partial charge >= 0.3 is 0 Å². The molecule has 106 valence electrons. The maximum absolute atomic E-state index is 12.5. The number of likely N-dealkylation sites (tertiary alicyclic amines) is 1. The number of primary amides is 1. The third kappa shape index (κ3) is 2.12. The predicted octanol–water partition coefficient (Wildman–Crippen LogP) is -0.285. The molecule has 1 saturated heterocycles. The number of carbonyl (C=O) groups is 2. The predicted molar refractivity (Wildman–Crippen MR) is 73.3 cm³/mol. The van der Waals surface area contributed by atoms with Gasteiger partial charge in [0.2, 0.25) is 5.91 Å². The summed E-state index contributed by atoms with van der Waals surface area (Å²) in [6.07, 6.45) is 0.476. The third-order valence-electron chi connectivity index (χ3n) is 3.93. The summed E-state index contributed by atoms with van der Waals surface area (Å²) in [6.45, 7) is 1.02. The molecule has 1 aromatic rings. The number of nitrogens with one attached hydrogen (secondary N) is 1. The summed E-state index contributed by atoms with van der Waals surface area (Å²) in [6, 6.07) is 4.76. The van der Waals surface area contributed by atoms with E-state index in [1.165, 1.54) is 10.5 Å². The van der Waals surface area contributed by atoms with Crippen molar-refractivity contribution in [2.45, 2.75) is 25.0 Å². The minimum absolute atomic E-state index is 0.150. The van der Waals surface area contributed by atoms with Gasteiger partial charge in [0, 0.05) is 30.8 Å². The third-order valence-corrected chi connectivity index (χ3v) is 3.93. The first-order valence-corrected chi connectivity index (χ1v) is 6.71. The second-order valence-electron chi connectivity index (χ2n) is 5.31. The number of nitrogens with two attached hydrogens (primary N) is 1. The van der Waals surface area contributed by atoms with Crippen molar-refractivity contribution in [1.29, 1.82) is 0 Å². The lowest BCUT2D eigenvalue weighted by molar-refractivity contribution is -0.121. The van der Waals surface area contributed by atoms with Gasteiger partial charge in [0.05, 0.1) is 6.10 Å². The SMILES string of the molecule is NC(=O)C1CC(O)CN1C(=O)c1ccc2c(c1)NCC2. The van der Waals surface area contributed by atoms with Crippen LogP contribution in [0.5, 0.6) is 0 Å². The molecule has 1 aromatic carbocycles. The minimum atomic E-state index is -0.723. The Labute approximate surface area is 116 Å². The van der Waals surface area contributed by atoms with E-state index in [4.69, 9.17) is 5.73 Å². The van der Waals surface area contributed by atoms with Crippen molar-refractivity contribution in [2.75, 3.05) is 18.4 Å². The Kier molecular flexibility index (Phi) is 3.10. The molecule has 0 aromatic heterocycles. The number of fused-ring (bicyclic) bond motifs is 1. The van der Waals surface area contributed by atoms with Gasteiger partial charge in [0.25, 0.3) is 5.91 Å². The molecule has 20 heavy (non-hydrogen) atoms. The van der Waals surface area contributed by atoms with Crippen molar-refractivity contribution in [1.82, 2.24) is 4.90 Å². The summed E-state index contributed by atoms with van der Waals surface area (Å²) in [5, 5.41) is 12.9. The van der Waals surface area contributed by atoms with Crippen LogP contribution in [0.1, 0.15) is 22.3 Å². The first kappa shape index (κ1) is 12.9. The number of anilines is 1. The summed E-state index contributed by atoms with van der Waals surface area (Å²) in [4.78, 5) is 25.2. The molecule has 2 atom stereocenters. The van der Waals surface area contributed by atoms with E-state index in [1.807, 2.05) is 6.07 Å². The monoisotopic (exact) mass is 275 g/mol. The lowest BCUT2D eigenvalue weighted by Crippen LogP contribution is -2.43. The van der Waals surface area contributed by atoms with Crippen molar-refractivity contribution >= 4 is 17.5 Å². The number of aliphatic hydroxyl groups excluding tert-OH is 1. The number of β-amino-alcohol motifs (C(OH)–C–C–N with tert-alkyl or cyclic N) is 1. The fourth-order valence-corrected chi connectivity index (χ4v) is 2.90. The topological polar surface area (TPSA) is 95.7 Å². The highest BCUT2D eigenvalue weighted by Crippen LogP contribution is 2.26. The summed E-state index contributed by atoms with van der Waals surface area (Å²) in [7, 11) is 0. The molecule has 2 aliphatic heterocycles. The smallest absolute Gasteiger partial charge is 0.254 e. The molecule has 2 aliphatic rings. The van der Waals surface area contributed by atoms with Gasteiger partial charge in [0.1, 0.15) is 6.04 Å². The maximum atomic E-state index is 12.5. The average Bonchev–Trinajstić information content (AvgIpc) is 3.02. The lowest BCUT2D eigenvalue weighted by atomic mass is 10.1. The second kappa shape index (κ2) is 4.79. The minimum Gasteiger partial charge on any atom is -0.391 e. The van der Waals surface area contributed by atoms with Crippen LogP contribution in [0.15, 0.2) is 18.2 Å². The normalized spacial score (nSPS) is 24.4. The largest absolute Gasteiger partial charge is 0.391 e. The number of rotatable bonds is 2. The summed E-state index contributed by atoms with van der Waals surface area (Å²) in [5.41, 5.74) is 7.97. The van der Waals surface area contributed by atoms with Gasteiger partial charge in [-0.25, -0.2) is 0 Å². The zero-order valence-electron chi connectivity index (χ0n) is 11.0. The van der Waals surface area contributed by atoms with Crippen LogP contribution in [-0.4, -0.2) is 47.1 Å². The molecule has 2 unspecified atom stereocenters. The van der Waals surface area contributed by atoms with Gasteiger partial charge in [-0.05, 0) is 24.1 Å².